The Bertz CT molecular complexity index is 255. The zero-order valence-corrected chi connectivity index (χ0v) is 8.00. The standard InChI is InChI=1S/C7H14F2N4O2/c8-4(9)7(12,5(14)15)2-1-3-13-6(10)11/h4H,1-3,12H2,(H,14,15)(H4,10,11,13). The molecule has 88 valence electrons. The summed E-state index contributed by atoms with van der Waals surface area (Å²) in [7, 11) is 0. The van der Waals surface area contributed by atoms with Crippen molar-refractivity contribution in [2.75, 3.05) is 6.54 Å². The smallest absolute Gasteiger partial charge is 0.338 e. The van der Waals surface area contributed by atoms with Crippen molar-refractivity contribution in [3.8, 4) is 0 Å². The molecule has 1 atom stereocenters. The van der Waals surface area contributed by atoms with E-state index in [0.29, 0.717) is 0 Å². The highest BCUT2D eigenvalue weighted by Gasteiger charge is 2.36. The summed E-state index contributed by atoms with van der Waals surface area (Å²) in [6.45, 7) is 0.168. The van der Waals surface area contributed by atoms with Crippen LogP contribution in [0.3, 0.4) is 0 Å². The molecular weight excluding hydrogens is 210 g/mol. The fourth-order valence-electron chi connectivity index (χ4n) is 0.914. The molecule has 0 radical (unpaired) electrons. The Labute approximate surface area is 85.1 Å². The van der Waals surface area contributed by atoms with Gasteiger partial charge in [-0.25, -0.2) is 8.78 Å². The number of rotatable bonds is 6. The Morgan fingerprint density at radius 1 is 1.47 bits per heavy atom. The van der Waals surface area contributed by atoms with Crippen molar-refractivity contribution < 1.29 is 23.7 Å². The number of nitrogens with two attached hydrogens (primary N) is 3. The molecule has 8 heteroatoms. The SMILES string of the molecule is NC(N)=[NH+]CCCC(N)(C(=O)[O-])C(F)F. The van der Waals surface area contributed by atoms with Gasteiger partial charge in [0.15, 0.2) is 0 Å². The van der Waals surface area contributed by atoms with Crippen LogP contribution >= 0.6 is 0 Å². The molecule has 1 unspecified atom stereocenters. The molecule has 0 saturated heterocycles. The van der Waals surface area contributed by atoms with Gasteiger partial charge in [-0.1, -0.05) is 0 Å². The number of carbonyl (C=O) groups excluding carboxylic acids is 1. The summed E-state index contributed by atoms with van der Waals surface area (Å²) >= 11 is 0. The second-order valence-electron chi connectivity index (χ2n) is 3.11. The van der Waals surface area contributed by atoms with Crippen molar-refractivity contribution in [3.05, 3.63) is 0 Å². The molecule has 0 rings (SSSR count). The zero-order chi connectivity index (χ0) is 12.1. The fourth-order valence-corrected chi connectivity index (χ4v) is 0.914. The highest BCUT2D eigenvalue weighted by molar-refractivity contribution is 5.76. The van der Waals surface area contributed by atoms with Crippen molar-refractivity contribution >= 4 is 11.9 Å². The highest BCUT2D eigenvalue weighted by atomic mass is 19.3. The average molecular weight is 224 g/mol. The number of alkyl halides is 2. The quantitative estimate of drug-likeness (QED) is 0.206. The number of guanidine groups is 1. The van der Waals surface area contributed by atoms with E-state index in [0.717, 1.165) is 0 Å². The van der Waals surface area contributed by atoms with Crippen molar-refractivity contribution in [2.45, 2.75) is 24.8 Å². The molecule has 0 aromatic heterocycles. The number of aliphatic carboxylic acids is 1. The van der Waals surface area contributed by atoms with Gasteiger partial charge in [0.25, 0.3) is 6.43 Å². The van der Waals surface area contributed by atoms with Crippen LogP contribution in [-0.2, 0) is 4.79 Å². The van der Waals surface area contributed by atoms with E-state index in [4.69, 9.17) is 17.2 Å². The molecule has 0 bridgehead atoms. The first-order valence-electron chi connectivity index (χ1n) is 4.21. The maximum Gasteiger partial charge on any atom is 0.338 e. The van der Waals surface area contributed by atoms with Gasteiger partial charge in [0, 0.05) is 0 Å². The highest BCUT2D eigenvalue weighted by Crippen LogP contribution is 2.17. The average Bonchev–Trinajstić information content (AvgIpc) is 2.10. The predicted octanol–water partition coefficient (Wildman–Crippen LogP) is -4.17. The second kappa shape index (κ2) is 5.44. The monoisotopic (exact) mass is 224 g/mol. The van der Waals surface area contributed by atoms with Gasteiger partial charge in [0.1, 0.15) is 5.54 Å². The molecule has 0 heterocycles. The summed E-state index contributed by atoms with van der Waals surface area (Å²) in [6, 6.07) is 0. The van der Waals surface area contributed by atoms with E-state index >= 15 is 0 Å². The lowest BCUT2D eigenvalue weighted by Gasteiger charge is -2.29. The van der Waals surface area contributed by atoms with Gasteiger partial charge in [0.2, 0.25) is 0 Å². The van der Waals surface area contributed by atoms with E-state index in [1.807, 2.05) is 0 Å². The van der Waals surface area contributed by atoms with E-state index in [1.165, 1.54) is 0 Å². The Balaban J connectivity index is 4.21. The van der Waals surface area contributed by atoms with Gasteiger partial charge in [-0.05, 0) is 12.8 Å². The van der Waals surface area contributed by atoms with Gasteiger partial charge in [-0.3, -0.25) is 16.5 Å². The summed E-state index contributed by atoms with van der Waals surface area (Å²) in [6.07, 6.45) is -3.51. The van der Waals surface area contributed by atoms with Crippen molar-refractivity contribution in [1.29, 1.82) is 0 Å². The molecule has 15 heavy (non-hydrogen) atoms. The summed E-state index contributed by atoms with van der Waals surface area (Å²) in [5.41, 5.74) is 12.4. The van der Waals surface area contributed by atoms with Crippen molar-refractivity contribution in [1.82, 2.24) is 0 Å². The van der Waals surface area contributed by atoms with Crippen LogP contribution in [0.4, 0.5) is 8.78 Å². The Morgan fingerprint density at radius 3 is 2.33 bits per heavy atom. The Kier molecular flexibility index (Phi) is 4.92. The number of nitrogens with one attached hydrogen (secondary N) is 1. The minimum Gasteiger partial charge on any atom is -0.548 e. The molecule has 0 aromatic carbocycles. The number of carboxylic acids is 1. The molecule has 0 amide bonds. The van der Waals surface area contributed by atoms with Gasteiger partial charge >= 0.3 is 5.96 Å². The minimum atomic E-state index is -3.18. The van der Waals surface area contributed by atoms with E-state index in [-0.39, 0.29) is 18.9 Å². The van der Waals surface area contributed by atoms with Crippen LogP contribution in [0.25, 0.3) is 0 Å². The summed E-state index contributed by atoms with van der Waals surface area (Å²) in [5, 5.41) is 10.4. The number of hydrogen-bond acceptors (Lipinski definition) is 3. The largest absolute Gasteiger partial charge is 0.548 e. The predicted molar refractivity (Wildman–Crippen MR) is 46.4 cm³/mol. The molecule has 7 N–H and O–H groups in total. The van der Waals surface area contributed by atoms with Crippen LogP contribution in [0.2, 0.25) is 0 Å². The van der Waals surface area contributed by atoms with Crippen LogP contribution < -0.4 is 27.3 Å². The molecule has 0 fully saturated rings. The Hall–Kier alpha value is -1.44. The molecule has 0 aliphatic heterocycles. The van der Waals surface area contributed by atoms with E-state index in [2.05, 4.69) is 4.99 Å². The Morgan fingerprint density at radius 2 is 2.00 bits per heavy atom. The molecule has 0 aromatic rings. The number of hydrogen-bond donors (Lipinski definition) is 4. The summed E-state index contributed by atoms with van der Waals surface area (Å²) < 4.78 is 24.6. The van der Waals surface area contributed by atoms with Gasteiger partial charge < -0.3 is 15.6 Å². The maximum atomic E-state index is 12.3. The van der Waals surface area contributed by atoms with Crippen molar-refractivity contribution in [2.24, 2.45) is 17.2 Å². The first-order chi connectivity index (χ1) is 6.80. The second-order valence-corrected chi connectivity index (χ2v) is 3.11. The molecule has 0 spiro atoms. The topological polar surface area (TPSA) is 132 Å². The normalized spacial score (nSPS) is 14.7. The van der Waals surface area contributed by atoms with Crippen LogP contribution in [0.1, 0.15) is 12.8 Å². The van der Waals surface area contributed by atoms with E-state index < -0.39 is 24.4 Å². The fraction of sp³-hybridized carbons (Fsp3) is 0.714. The lowest BCUT2D eigenvalue weighted by atomic mass is 9.95. The lowest BCUT2D eigenvalue weighted by molar-refractivity contribution is -0.460. The van der Waals surface area contributed by atoms with Crippen LogP contribution in [0.5, 0.6) is 0 Å². The van der Waals surface area contributed by atoms with Crippen LogP contribution in [0, 0.1) is 0 Å². The van der Waals surface area contributed by atoms with Crippen LogP contribution in [0.15, 0.2) is 0 Å². The number of carbonyl (C=O) groups is 1. The first kappa shape index (κ1) is 13.6. The molecule has 0 saturated carbocycles. The number of carboxylic acid groups (broad SMARTS) is 1. The van der Waals surface area contributed by atoms with E-state index in [1.54, 1.807) is 0 Å². The third kappa shape index (κ3) is 4.07. The minimum absolute atomic E-state index is 0.0666. The van der Waals surface area contributed by atoms with Gasteiger partial charge in [-0.2, -0.15) is 0 Å². The third-order valence-corrected chi connectivity index (χ3v) is 1.87. The van der Waals surface area contributed by atoms with Gasteiger partial charge in [0.05, 0.1) is 12.5 Å². The molecule has 6 nitrogen and oxygen atoms in total. The number of halogens is 2. The zero-order valence-electron chi connectivity index (χ0n) is 8.00. The molecule has 0 aliphatic rings. The summed E-state index contributed by atoms with van der Waals surface area (Å²) in [4.78, 5) is 12.9. The third-order valence-electron chi connectivity index (χ3n) is 1.87. The molecule has 0 aliphatic carbocycles. The first-order valence-corrected chi connectivity index (χ1v) is 4.21. The van der Waals surface area contributed by atoms with Crippen LogP contribution in [-0.4, -0.2) is 30.4 Å². The van der Waals surface area contributed by atoms with Crippen molar-refractivity contribution in [3.63, 3.8) is 0 Å². The lowest BCUT2D eigenvalue weighted by Crippen LogP contribution is -2.78. The maximum absolute atomic E-state index is 12.3. The van der Waals surface area contributed by atoms with E-state index in [9.17, 15) is 18.7 Å². The summed E-state index contributed by atoms with van der Waals surface area (Å²) in [5.74, 6) is -2.04. The van der Waals surface area contributed by atoms with Gasteiger partial charge in [-0.15, -0.1) is 0 Å². The molecular formula is C7H14F2N4O2.